The van der Waals surface area contributed by atoms with E-state index in [1.165, 1.54) is 4.70 Å². The van der Waals surface area contributed by atoms with Crippen molar-refractivity contribution < 1.29 is 4.42 Å². The molecule has 0 bridgehead atoms. The van der Waals surface area contributed by atoms with Crippen molar-refractivity contribution in [3.63, 3.8) is 0 Å². The SMILES string of the molecule is c1ccc(-c2nc(-c3cccc4oc5cccc(-c6nc(-c7ccccc7)c7sc8ccccc8c7n6)c5c34)nc(-n3c4ccccc4c4ccccc43)n2)cc1. The van der Waals surface area contributed by atoms with Crippen molar-refractivity contribution in [3.8, 4) is 51.4 Å². The average Bonchev–Trinajstić information content (AvgIpc) is 3.96. The van der Waals surface area contributed by atoms with Crippen LogP contribution < -0.4 is 0 Å². The molecule has 0 aliphatic heterocycles. The van der Waals surface area contributed by atoms with Gasteiger partial charge < -0.3 is 4.42 Å². The van der Waals surface area contributed by atoms with Gasteiger partial charge in [-0.3, -0.25) is 4.57 Å². The van der Waals surface area contributed by atoms with Crippen LogP contribution in [0.15, 0.2) is 174 Å². The third-order valence-corrected chi connectivity index (χ3v) is 11.9. The fourth-order valence-corrected chi connectivity index (χ4v) is 9.34. The van der Waals surface area contributed by atoms with Gasteiger partial charge in [-0.15, -0.1) is 11.3 Å². The number of aromatic nitrogens is 6. The number of benzene rings is 7. The zero-order valence-electron chi connectivity index (χ0n) is 30.2. The Balaban J connectivity index is 1.15. The minimum absolute atomic E-state index is 0.534. The number of hydrogen-bond donors (Lipinski definition) is 0. The minimum Gasteiger partial charge on any atom is -0.456 e. The summed E-state index contributed by atoms with van der Waals surface area (Å²) >= 11 is 1.73. The highest BCUT2D eigenvalue weighted by atomic mass is 32.1. The molecule has 5 aromatic heterocycles. The molecule has 0 saturated heterocycles. The van der Waals surface area contributed by atoms with E-state index in [4.69, 9.17) is 29.3 Å². The van der Waals surface area contributed by atoms with Gasteiger partial charge in [0.2, 0.25) is 5.95 Å². The monoisotopic (exact) mass is 748 g/mol. The minimum atomic E-state index is 0.534. The molecule has 0 radical (unpaired) electrons. The lowest BCUT2D eigenvalue weighted by Crippen LogP contribution is -2.06. The van der Waals surface area contributed by atoms with Gasteiger partial charge in [-0.05, 0) is 30.3 Å². The van der Waals surface area contributed by atoms with Crippen LogP contribution in [-0.4, -0.2) is 29.5 Å². The van der Waals surface area contributed by atoms with Crippen molar-refractivity contribution in [3.05, 3.63) is 170 Å². The summed E-state index contributed by atoms with van der Waals surface area (Å²) in [6, 6.07) is 57.9. The van der Waals surface area contributed by atoms with Crippen molar-refractivity contribution in [2.24, 2.45) is 0 Å². The number of thiophene rings is 1. The fraction of sp³-hybridized carbons (Fsp3) is 0. The van der Waals surface area contributed by atoms with Gasteiger partial charge in [-0.25, -0.2) is 15.0 Å². The summed E-state index contributed by atoms with van der Waals surface area (Å²) < 4.78 is 11.0. The van der Waals surface area contributed by atoms with Crippen LogP contribution in [0, 0.1) is 0 Å². The highest BCUT2D eigenvalue weighted by molar-refractivity contribution is 7.26. The quantitative estimate of drug-likeness (QED) is 0.174. The first-order chi connectivity index (χ1) is 28.3. The van der Waals surface area contributed by atoms with Crippen molar-refractivity contribution in [1.29, 1.82) is 0 Å². The standard InChI is InChI=1S/C49H28N6OS/c1-3-15-29(16-4-1)43-45-44(33-21-9-12-28-40(33)57-45)51-47(50-43)34-22-13-26-38-41(34)42-35(23-14-27-39(42)56-38)48-52-46(30-17-5-2-6-18-30)53-49(54-48)55-36-24-10-7-19-31(36)32-20-8-11-25-37(32)55/h1-28H. The molecule has 0 fully saturated rings. The molecule has 0 atom stereocenters. The largest absolute Gasteiger partial charge is 0.456 e. The number of para-hydroxylation sites is 2. The van der Waals surface area contributed by atoms with Crippen LogP contribution in [0.4, 0.5) is 0 Å². The summed E-state index contributed by atoms with van der Waals surface area (Å²) in [4.78, 5) is 26.3. The molecule has 12 rings (SSSR count). The van der Waals surface area contributed by atoms with Gasteiger partial charge in [0, 0.05) is 53.9 Å². The van der Waals surface area contributed by atoms with Gasteiger partial charge in [0.05, 0.1) is 26.9 Å². The Morgan fingerprint density at radius 3 is 1.63 bits per heavy atom. The molecular weight excluding hydrogens is 721 g/mol. The van der Waals surface area contributed by atoms with Crippen LogP contribution in [0.3, 0.4) is 0 Å². The summed E-state index contributed by atoms with van der Waals surface area (Å²) in [7, 11) is 0. The molecular formula is C49H28N6OS. The average molecular weight is 749 g/mol. The lowest BCUT2D eigenvalue weighted by molar-refractivity contribution is 0.669. The predicted octanol–water partition coefficient (Wildman–Crippen LogP) is 12.7. The molecule has 266 valence electrons. The lowest BCUT2D eigenvalue weighted by Gasteiger charge is -2.12. The molecule has 8 heteroatoms. The van der Waals surface area contributed by atoms with E-state index >= 15 is 0 Å². The Morgan fingerprint density at radius 1 is 0.421 bits per heavy atom. The molecule has 12 aromatic rings. The molecule has 5 heterocycles. The Bertz CT molecular complexity index is 3480. The number of furan rings is 1. The van der Waals surface area contributed by atoms with E-state index in [1.54, 1.807) is 11.3 Å². The second-order valence-electron chi connectivity index (χ2n) is 14.0. The van der Waals surface area contributed by atoms with Crippen LogP contribution >= 0.6 is 11.3 Å². The maximum absolute atomic E-state index is 6.64. The van der Waals surface area contributed by atoms with Crippen molar-refractivity contribution >= 4 is 75.4 Å². The van der Waals surface area contributed by atoms with E-state index in [2.05, 4.69) is 114 Å². The van der Waals surface area contributed by atoms with Gasteiger partial charge >= 0.3 is 0 Å². The molecule has 0 amide bonds. The molecule has 0 aliphatic carbocycles. The summed E-state index contributed by atoms with van der Waals surface area (Å²) in [5.74, 6) is 2.27. The van der Waals surface area contributed by atoms with Gasteiger partial charge in [0.15, 0.2) is 17.5 Å². The Morgan fingerprint density at radius 2 is 0.965 bits per heavy atom. The third kappa shape index (κ3) is 4.94. The van der Waals surface area contributed by atoms with E-state index in [0.717, 1.165) is 87.3 Å². The number of fused-ring (bicyclic) bond motifs is 9. The van der Waals surface area contributed by atoms with E-state index in [9.17, 15) is 0 Å². The summed E-state index contributed by atoms with van der Waals surface area (Å²) in [5, 5.41) is 5.17. The molecule has 0 saturated carbocycles. The summed E-state index contributed by atoms with van der Waals surface area (Å²) in [5.41, 5.74) is 8.96. The topological polar surface area (TPSA) is 82.5 Å². The molecule has 57 heavy (non-hydrogen) atoms. The molecule has 0 spiro atoms. The van der Waals surface area contributed by atoms with Crippen LogP contribution in [0.2, 0.25) is 0 Å². The summed E-state index contributed by atoms with van der Waals surface area (Å²) in [6.45, 7) is 0. The number of nitrogens with zero attached hydrogens (tertiary/aromatic N) is 6. The number of hydrogen-bond acceptors (Lipinski definition) is 7. The Labute approximate surface area is 329 Å². The van der Waals surface area contributed by atoms with Gasteiger partial charge in [-0.2, -0.15) is 9.97 Å². The molecule has 7 nitrogen and oxygen atoms in total. The van der Waals surface area contributed by atoms with E-state index in [-0.39, 0.29) is 0 Å². The lowest BCUT2D eigenvalue weighted by atomic mass is 10.0. The first kappa shape index (κ1) is 31.8. The fourth-order valence-electron chi connectivity index (χ4n) is 8.18. The van der Waals surface area contributed by atoms with Crippen molar-refractivity contribution in [1.82, 2.24) is 29.5 Å². The molecule has 0 N–H and O–H groups in total. The van der Waals surface area contributed by atoms with E-state index in [1.807, 2.05) is 60.7 Å². The highest BCUT2D eigenvalue weighted by Gasteiger charge is 2.24. The normalized spacial score (nSPS) is 11.9. The predicted molar refractivity (Wildman–Crippen MR) is 232 cm³/mol. The van der Waals surface area contributed by atoms with Crippen molar-refractivity contribution in [2.45, 2.75) is 0 Å². The smallest absolute Gasteiger partial charge is 0.238 e. The van der Waals surface area contributed by atoms with Gasteiger partial charge in [0.1, 0.15) is 11.2 Å². The first-order valence-electron chi connectivity index (χ1n) is 18.8. The zero-order chi connectivity index (χ0) is 37.5. The Kier molecular flexibility index (Phi) is 6.96. The van der Waals surface area contributed by atoms with Crippen LogP contribution in [0.25, 0.3) is 115 Å². The molecule has 7 aromatic carbocycles. The zero-order valence-corrected chi connectivity index (χ0v) is 31.0. The number of rotatable bonds is 5. The second-order valence-corrected chi connectivity index (χ2v) is 15.1. The van der Waals surface area contributed by atoms with E-state index < -0.39 is 0 Å². The van der Waals surface area contributed by atoms with Crippen molar-refractivity contribution in [2.75, 3.05) is 0 Å². The molecule has 0 unspecified atom stereocenters. The van der Waals surface area contributed by atoms with Gasteiger partial charge in [0.25, 0.3) is 0 Å². The van der Waals surface area contributed by atoms with Crippen LogP contribution in [0.1, 0.15) is 0 Å². The summed E-state index contributed by atoms with van der Waals surface area (Å²) in [6.07, 6.45) is 0. The van der Waals surface area contributed by atoms with Gasteiger partial charge in [-0.1, -0.05) is 140 Å². The highest BCUT2D eigenvalue weighted by Crippen LogP contribution is 2.44. The van der Waals surface area contributed by atoms with Crippen LogP contribution in [0.5, 0.6) is 0 Å². The maximum Gasteiger partial charge on any atom is 0.238 e. The second kappa shape index (κ2) is 12.5. The van der Waals surface area contributed by atoms with Crippen LogP contribution in [-0.2, 0) is 0 Å². The Hall–Kier alpha value is -7.55. The third-order valence-electron chi connectivity index (χ3n) is 10.7. The molecule has 0 aliphatic rings. The maximum atomic E-state index is 6.64. The first-order valence-corrected chi connectivity index (χ1v) is 19.6. The van der Waals surface area contributed by atoms with E-state index in [0.29, 0.717) is 23.4 Å².